The van der Waals surface area contributed by atoms with Crippen LogP contribution in [0.5, 0.6) is 11.5 Å². The Labute approximate surface area is 160 Å². The fourth-order valence-corrected chi connectivity index (χ4v) is 2.51. The number of hydrogen-bond donors (Lipinski definition) is 3. The molecule has 0 aliphatic heterocycles. The molecule has 2 aromatic rings. The Morgan fingerprint density at radius 1 is 0.963 bits per heavy atom. The number of primary amides is 1. The van der Waals surface area contributed by atoms with Crippen LogP contribution in [0.25, 0.3) is 0 Å². The normalized spacial score (nSPS) is 12.9. The molecule has 2 unspecified atom stereocenters. The first-order chi connectivity index (χ1) is 12.8. The van der Waals surface area contributed by atoms with E-state index in [1.165, 1.54) is 0 Å². The molecular formula is C21H27N3O3. The van der Waals surface area contributed by atoms with Crippen molar-refractivity contribution in [1.29, 1.82) is 0 Å². The molecule has 3 amide bonds. The summed E-state index contributed by atoms with van der Waals surface area (Å²) in [6.45, 7) is 6.02. The van der Waals surface area contributed by atoms with Crippen LogP contribution in [0.4, 0.5) is 4.79 Å². The second-order valence-corrected chi connectivity index (χ2v) is 6.85. The van der Waals surface area contributed by atoms with E-state index in [2.05, 4.69) is 10.6 Å². The summed E-state index contributed by atoms with van der Waals surface area (Å²) >= 11 is 0. The minimum atomic E-state index is -0.681. The number of ether oxygens (including phenoxy) is 1. The third kappa shape index (κ3) is 6.66. The predicted octanol–water partition coefficient (Wildman–Crippen LogP) is 3.74. The van der Waals surface area contributed by atoms with Gasteiger partial charge in [-0.05, 0) is 42.7 Å². The smallest absolute Gasteiger partial charge is 0.312 e. The van der Waals surface area contributed by atoms with Crippen LogP contribution < -0.4 is 21.1 Å². The highest BCUT2D eigenvalue weighted by Crippen LogP contribution is 2.26. The van der Waals surface area contributed by atoms with Crippen LogP contribution in [-0.2, 0) is 4.79 Å². The highest BCUT2D eigenvalue weighted by atomic mass is 16.5. The summed E-state index contributed by atoms with van der Waals surface area (Å²) in [6.07, 6.45) is 0.0921. The fraction of sp³-hybridized carbons (Fsp3) is 0.333. The van der Waals surface area contributed by atoms with Gasteiger partial charge in [-0.3, -0.25) is 4.79 Å². The Hall–Kier alpha value is -3.02. The molecule has 0 fully saturated rings. The molecule has 6 nitrogen and oxygen atoms in total. The Kier molecular flexibility index (Phi) is 7.23. The van der Waals surface area contributed by atoms with Crippen LogP contribution in [0.15, 0.2) is 54.6 Å². The highest BCUT2D eigenvalue weighted by Gasteiger charge is 2.20. The highest BCUT2D eigenvalue weighted by molar-refractivity contribution is 5.79. The molecule has 4 N–H and O–H groups in total. The molecule has 0 aliphatic carbocycles. The lowest BCUT2D eigenvalue weighted by Gasteiger charge is -2.22. The third-order valence-corrected chi connectivity index (χ3v) is 4.33. The van der Waals surface area contributed by atoms with Gasteiger partial charge in [0.15, 0.2) is 0 Å². The van der Waals surface area contributed by atoms with Crippen molar-refractivity contribution < 1.29 is 14.3 Å². The molecule has 2 rings (SSSR count). The lowest BCUT2D eigenvalue weighted by molar-refractivity contribution is -0.122. The number of hydrogen-bond acceptors (Lipinski definition) is 3. The van der Waals surface area contributed by atoms with E-state index in [4.69, 9.17) is 10.5 Å². The summed E-state index contributed by atoms with van der Waals surface area (Å²) in [5.41, 5.74) is 6.05. The van der Waals surface area contributed by atoms with Gasteiger partial charge in [0, 0.05) is 6.04 Å². The molecule has 0 saturated heterocycles. The van der Waals surface area contributed by atoms with Crippen LogP contribution in [0, 0.1) is 5.92 Å². The van der Waals surface area contributed by atoms with Crippen molar-refractivity contribution in [2.24, 2.45) is 11.7 Å². The maximum atomic E-state index is 12.4. The molecule has 0 aliphatic rings. The molecule has 0 heterocycles. The molecule has 0 spiro atoms. The van der Waals surface area contributed by atoms with Crippen molar-refractivity contribution in [2.75, 3.05) is 0 Å². The number of rotatable bonds is 8. The SMILES string of the molecule is CC(C)C(C)NC(=O)CC(NC(N)=O)c1cccc(Oc2ccccc2)c1. The minimum absolute atomic E-state index is 0.0412. The number of nitrogens with two attached hydrogens (primary N) is 1. The molecule has 2 aromatic carbocycles. The zero-order chi connectivity index (χ0) is 19.8. The van der Waals surface area contributed by atoms with E-state index in [1.54, 1.807) is 6.07 Å². The zero-order valence-corrected chi connectivity index (χ0v) is 15.9. The first-order valence-electron chi connectivity index (χ1n) is 9.03. The quantitative estimate of drug-likeness (QED) is 0.662. The number of nitrogens with one attached hydrogen (secondary N) is 2. The Morgan fingerprint density at radius 2 is 1.63 bits per heavy atom. The standard InChI is InChI=1S/C21H27N3O3/c1-14(2)15(3)23-20(25)13-19(24-21(22)26)16-8-7-11-18(12-16)27-17-9-5-4-6-10-17/h4-12,14-15,19H,13H2,1-3H3,(H,23,25)(H3,22,24,26). The molecule has 27 heavy (non-hydrogen) atoms. The third-order valence-electron chi connectivity index (χ3n) is 4.33. The van der Waals surface area contributed by atoms with Gasteiger partial charge in [0.25, 0.3) is 0 Å². The Bertz CT molecular complexity index is 762. The van der Waals surface area contributed by atoms with Gasteiger partial charge in [0.2, 0.25) is 5.91 Å². The topological polar surface area (TPSA) is 93.5 Å². The summed E-state index contributed by atoms with van der Waals surface area (Å²) in [4.78, 5) is 23.8. The lowest BCUT2D eigenvalue weighted by Crippen LogP contribution is -2.40. The van der Waals surface area contributed by atoms with Crippen LogP contribution in [0.1, 0.15) is 38.8 Å². The van der Waals surface area contributed by atoms with Crippen LogP contribution in [0.3, 0.4) is 0 Å². The molecule has 0 bridgehead atoms. The molecule has 0 aromatic heterocycles. The average molecular weight is 369 g/mol. The van der Waals surface area contributed by atoms with Crippen molar-refractivity contribution in [1.82, 2.24) is 10.6 Å². The van der Waals surface area contributed by atoms with Gasteiger partial charge in [0.1, 0.15) is 11.5 Å². The lowest BCUT2D eigenvalue weighted by atomic mass is 10.0. The number of amides is 3. The van der Waals surface area contributed by atoms with E-state index >= 15 is 0 Å². The van der Waals surface area contributed by atoms with Crippen molar-refractivity contribution in [3.05, 3.63) is 60.2 Å². The van der Waals surface area contributed by atoms with Gasteiger partial charge >= 0.3 is 6.03 Å². The average Bonchev–Trinajstić information content (AvgIpc) is 2.61. The number of para-hydroxylation sites is 1. The van der Waals surface area contributed by atoms with Crippen molar-refractivity contribution in [3.8, 4) is 11.5 Å². The summed E-state index contributed by atoms with van der Waals surface area (Å²) in [7, 11) is 0. The maximum Gasteiger partial charge on any atom is 0.312 e. The molecule has 2 atom stereocenters. The molecule has 144 valence electrons. The van der Waals surface area contributed by atoms with Crippen molar-refractivity contribution in [3.63, 3.8) is 0 Å². The largest absolute Gasteiger partial charge is 0.457 e. The van der Waals surface area contributed by atoms with E-state index in [0.29, 0.717) is 17.4 Å². The Morgan fingerprint density at radius 3 is 2.26 bits per heavy atom. The number of benzene rings is 2. The fourth-order valence-electron chi connectivity index (χ4n) is 2.51. The van der Waals surface area contributed by atoms with Crippen LogP contribution >= 0.6 is 0 Å². The molecule has 6 heteroatoms. The molecule has 0 saturated carbocycles. The monoisotopic (exact) mass is 369 g/mol. The van der Waals surface area contributed by atoms with Gasteiger partial charge in [0.05, 0.1) is 12.5 Å². The number of urea groups is 1. The molecular weight excluding hydrogens is 342 g/mol. The first-order valence-corrected chi connectivity index (χ1v) is 9.03. The summed E-state index contributed by atoms with van der Waals surface area (Å²) in [6, 6.07) is 15.5. The summed E-state index contributed by atoms with van der Waals surface area (Å²) < 4.78 is 5.83. The van der Waals surface area contributed by atoms with E-state index < -0.39 is 12.1 Å². The van der Waals surface area contributed by atoms with Gasteiger partial charge in [-0.1, -0.05) is 44.2 Å². The molecule has 0 radical (unpaired) electrons. The maximum absolute atomic E-state index is 12.4. The van der Waals surface area contributed by atoms with E-state index in [0.717, 1.165) is 5.56 Å². The van der Waals surface area contributed by atoms with Gasteiger partial charge in [-0.25, -0.2) is 4.79 Å². The zero-order valence-electron chi connectivity index (χ0n) is 15.9. The van der Waals surface area contributed by atoms with E-state index in [-0.39, 0.29) is 18.4 Å². The van der Waals surface area contributed by atoms with Crippen molar-refractivity contribution >= 4 is 11.9 Å². The summed E-state index contributed by atoms with van der Waals surface area (Å²) in [5.74, 6) is 1.49. The first kappa shape index (κ1) is 20.3. The van der Waals surface area contributed by atoms with Gasteiger partial charge in [-0.15, -0.1) is 0 Å². The van der Waals surface area contributed by atoms with E-state index in [9.17, 15) is 9.59 Å². The van der Waals surface area contributed by atoms with Crippen molar-refractivity contribution in [2.45, 2.75) is 39.3 Å². The second kappa shape index (κ2) is 9.62. The predicted molar refractivity (Wildman–Crippen MR) is 105 cm³/mol. The second-order valence-electron chi connectivity index (χ2n) is 6.85. The van der Waals surface area contributed by atoms with Gasteiger partial charge in [-0.2, -0.15) is 0 Å². The van der Waals surface area contributed by atoms with Gasteiger partial charge < -0.3 is 21.1 Å². The van der Waals surface area contributed by atoms with Crippen LogP contribution in [0.2, 0.25) is 0 Å². The Balaban J connectivity index is 2.14. The summed E-state index contributed by atoms with van der Waals surface area (Å²) in [5, 5.41) is 5.59. The minimum Gasteiger partial charge on any atom is -0.457 e. The number of carbonyl (C=O) groups is 2. The number of carbonyl (C=O) groups excluding carboxylic acids is 2. The van der Waals surface area contributed by atoms with E-state index in [1.807, 2.05) is 69.3 Å². The van der Waals surface area contributed by atoms with Crippen LogP contribution in [-0.4, -0.2) is 18.0 Å².